The lowest BCUT2D eigenvalue weighted by molar-refractivity contribution is -0.118. The van der Waals surface area contributed by atoms with Crippen LogP contribution in [0.4, 0.5) is 11.6 Å². The zero-order chi connectivity index (χ0) is 22.0. The fourth-order valence-corrected chi connectivity index (χ4v) is 4.05. The number of carbonyl (C=O) groups excluding carboxylic acids is 2. The van der Waals surface area contributed by atoms with Crippen LogP contribution in [0.15, 0.2) is 47.8 Å². The van der Waals surface area contributed by atoms with Crippen molar-refractivity contribution < 1.29 is 14.3 Å². The highest BCUT2D eigenvalue weighted by Gasteiger charge is 2.14. The Balaban J connectivity index is 1.44. The second-order valence-corrected chi connectivity index (χ2v) is 8.10. The van der Waals surface area contributed by atoms with Gasteiger partial charge < -0.3 is 10.1 Å². The molecule has 0 bridgehead atoms. The molecule has 0 saturated heterocycles. The van der Waals surface area contributed by atoms with E-state index in [-0.39, 0.29) is 18.5 Å². The number of ether oxygens (including phenoxy) is 1. The molecule has 11 heteroatoms. The molecular weight excluding hydrogens is 461 g/mol. The first-order valence-corrected chi connectivity index (χ1v) is 10.6. The van der Waals surface area contributed by atoms with E-state index in [0.29, 0.717) is 26.4 Å². The van der Waals surface area contributed by atoms with Crippen molar-refractivity contribution in [3.05, 3.63) is 57.9 Å². The third kappa shape index (κ3) is 4.96. The van der Waals surface area contributed by atoms with Crippen molar-refractivity contribution in [2.75, 3.05) is 17.2 Å². The molecule has 0 aliphatic carbocycles. The molecule has 2 amide bonds. The number of nitrogens with zero attached hydrogens (tertiary/aromatic N) is 3. The Morgan fingerprint density at radius 3 is 2.61 bits per heavy atom. The number of carbonyl (C=O) groups is 2. The number of nitrogens with one attached hydrogen (secondary N) is 2. The second kappa shape index (κ2) is 8.93. The van der Waals surface area contributed by atoms with Gasteiger partial charge in [-0.05, 0) is 30.3 Å². The van der Waals surface area contributed by atoms with E-state index in [4.69, 9.17) is 27.9 Å². The van der Waals surface area contributed by atoms with Crippen LogP contribution in [0.2, 0.25) is 10.0 Å². The van der Waals surface area contributed by atoms with Gasteiger partial charge in [0.15, 0.2) is 6.61 Å². The van der Waals surface area contributed by atoms with E-state index in [0.717, 1.165) is 11.3 Å². The van der Waals surface area contributed by atoms with Gasteiger partial charge >= 0.3 is 0 Å². The number of fused-ring (bicyclic) bond motifs is 1. The van der Waals surface area contributed by atoms with Crippen LogP contribution in [0.25, 0.3) is 16.2 Å². The number of hydrogen-bond donors (Lipinski definition) is 2. The number of thiazole rings is 1. The van der Waals surface area contributed by atoms with Gasteiger partial charge in [-0.2, -0.15) is 4.98 Å². The van der Waals surface area contributed by atoms with Gasteiger partial charge in [0, 0.05) is 28.6 Å². The Labute approximate surface area is 190 Å². The average molecular weight is 476 g/mol. The van der Waals surface area contributed by atoms with E-state index in [1.54, 1.807) is 28.8 Å². The molecule has 31 heavy (non-hydrogen) atoms. The summed E-state index contributed by atoms with van der Waals surface area (Å²) >= 11 is 13.3. The van der Waals surface area contributed by atoms with Crippen molar-refractivity contribution in [1.29, 1.82) is 0 Å². The number of halogens is 2. The Bertz CT molecular complexity index is 1270. The maximum Gasteiger partial charge on any atom is 0.264 e. The quantitative estimate of drug-likeness (QED) is 0.419. The summed E-state index contributed by atoms with van der Waals surface area (Å²) in [4.78, 5) is 28.3. The van der Waals surface area contributed by atoms with Crippen molar-refractivity contribution in [2.45, 2.75) is 6.92 Å². The minimum absolute atomic E-state index is 0.135. The molecule has 0 aliphatic heterocycles. The van der Waals surface area contributed by atoms with Gasteiger partial charge in [0.1, 0.15) is 5.75 Å². The number of amides is 2. The molecule has 2 aromatic heterocycles. The second-order valence-electron chi connectivity index (χ2n) is 6.42. The van der Waals surface area contributed by atoms with Crippen LogP contribution in [0.3, 0.4) is 0 Å². The van der Waals surface area contributed by atoms with Crippen molar-refractivity contribution in [2.24, 2.45) is 0 Å². The summed E-state index contributed by atoms with van der Waals surface area (Å²) in [5.74, 6) is -0.0427. The lowest BCUT2D eigenvalue weighted by atomic mass is 10.1. The molecule has 0 unspecified atom stereocenters. The van der Waals surface area contributed by atoms with Gasteiger partial charge in [-0.25, -0.2) is 4.52 Å². The van der Waals surface area contributed by atoms with Crippen molar-refractivity contribution >= 4 is 62.9 Å². The number of anilines is 2. The summed E-state index contributed by atoms with van der Waals surface area (Å²) in [6.45, 7) is 1.20. The first kappa shape index (κ1) is 21.1. The number of benzene rings is 2. The van der Waals surface area contributed by atoms with Gasteiger partial charge in [-0.1, -0.05) is 35.3 Å². The summed E-state index contributed by atoms with van der Waals surface area (Å²) in [6, 6.07) is 12.1. The van der Waals surface area contributed by atoms with Gasteiger partial charge in [-0.15, -0.1) is 16.4 Å². The summed E-state index contributed by atoms with van der Waals surface area (Å²) in [7, 11) is 0. The zero-order valence-corrected chi connectivity index (χ0v) is 18.4. The summed E-state index contributed by atoms with van der Waals surface area (Å²) in [5.41, 5.74) is 2.41. The largest absolute Gasteiger partial charge is 0.482 e. The first-order chi connectivity index (χ1) is 14.9. The molecule has 4 aromatic rings. The van der Waals surface area contributed by atoms with Crippen LogP contribution >= 0.6 is 34.5 Å². The van der Waals surface area contributed by atoms with E-state index >= 15 is 0 Å². The van der Waals surface area contributed by atoms with Crippen LogP contribution in [-0.4, -0.2) is 33.0 Å². The molecule has 8 nitrogen and oxygen atoms in total. The molecule has 0 aliphatic rings. The van der Waals surface area contributed by atoms with Gasteiger partial charge in [0.2, 0.25) is 10.9 Å². The number of aromatic nitrogens is 3. The first-order valence-electron chi connectivity index (χ1n) is 8.99. The Morgan fingerprint density at radius 2 is 1.90 bits per heavy atom. The number of rotatable bonds is 6. The zero-order valence-electron chi connectivity index (χ0n) is 16.1. The minimum atomic E-state index is -0.425. The molecule has 2 aromatic carbocycles. The molecule has 0 atom stereocenters. The summed E-state index contributed by atoms with van der Waals surface area (Å²) < 4.78 is 7.06. The van der Waals surface area contributed by atoms with Crippen molar-refractivity contribution in [1.82, 2.24) is 14.6 Å². The SMILES string of the molecule is CC(=O)Nc1ccc(-c2csc3nc(NC(=O)COc4ccc(Cl)cc4Cl)nn23)cc1. The molecule has 0 saturated carbocycles. The molecule has 2 N–H and O–H groups in total. The predicted octanol–water partition coefficient (Wildman–Crippen LogP) is 4.74. The van der Waals surface area contributed by atoms with E-state index < -0.39 is 5.91 Å². The molecule has 0 spiro atoms. The normalized spacial score (nSPS) is 10.8. The fourth-order valence-electron chi connectivity index (χ4n) is 2.76. The van der Waals surface area contributed by atoms with E-state index in [1.807, 2.05) is 17.5 Å². The highest BCUT2D eigenvalue weighted by Crippen LogP contribution is 2.28. The fraction of sp³-hybridized carbons (Fsp3) is 0.100. The monoisotopic (exact) mass is 475 g/mol. The van der Waals surface area contributed by atoms with Gasteiger partial charge in [-0.3, -0.25) is 14.9 Å². The van der Waals surface area contributed by atoms with Crippen LogP contribution in [0.1, 0.15) is 6.92 Å². The van der Waals surface area contributed by atoms with Crippen LogP contribution in [0.5, 0.6) is 5.75 Å². The maximum atomic E-state index is 12.2. The highest BCUT2D eigenvalue weighted by molar-refractivity contribution is 7.15. The molecule has 0 fully saturated rings. The highest BCUT2D eigenvalue weighted by atomic mass is 35.5. The lowest BCUT2D eigenvalue weighted by Gasteiger charge is -2.07. The van der Waals surface area contributed by atoms with E-state index in [9.17, 15) is 9.59 Å². The van der Waals surface area contributed by atoms with Crippen molar-refractivity contribution in [3.8, 4) is 17.0 Å². The van der Waals surface area contributed by atoms with Crippen molar-refractivity contribution in [3.63, 3.8) is 0 Å². The topological polar surface area (TPSA) is 97.6 Å². The Kier molecular flexibility index (Phi) is 6.08. The van der Waals surface area contributed by atoms with Crippen LogP contribution in [0, 0.1) is 0 Å². The summed E-state index contributed by atoms with van der Waals surface area (Å²) in [6.07, 6.45) is 0. The third-order valence-corrected chi connectivity index (χ3v) is 5.43. The molecular formula is C20H15Cl2N5O3S. The van der Waals surface area contributed by atoms with Gasteiger partial charge in [0.05, 0.1) is 10.7 Å². The molecule has 0 radical (unpaired) electrons. The Morgan fingerprint density at radius 1 is 1.13 bits per heavy atom. The summed E-state index contributed by atoms with van der Waals surface area (Å²) in [5, 5.41) is 12.4. The van der Waals surface area contributed by atoms with Crippen LogP contribution in [-0.2, 0) is 9.59 Å². The third-order valence-electron chi connectivity index (χ3n) is 4.09. The molecule has 2 heterocycles. The minimum Gasteiger partial charge on any atom is -0.482 e. The van der Waals surface area contributed by atoms with Crippen LogP contribution < -0.4 is 15.4 Å². The maximum absolute atomic E-state index is 12.2. The molecule has 4 rings (SSSR count). The number of hydrogen-bond acceptors (Lipinski definition) is 6. The predicted molar refractivity (Wildman–Crippen MR) is 121 cm³/mol. The molecule has 158 valence electrons. The van der Waals surface area contributed by atoms with Gasteiger partial charge in [0.25, 0.3) is 11.9 Å². The van der Waals surface area contributed by atoms with E-state index in [1.165, 1.54) is 24.3 Å². The lowest BCUT2D eigenvalue weighted by Crippen LogP contribution is -2.21. The average Bonchev–Trinajstić information content (AvgIpc) is 3.28. The smallest absolute Gasteiger partial charge is 0.264 e. The Hall–Kier alpha value is -3.14. The van der Waals surface area contributed by atoms with E-state index in [2.05, 4.69) is 20.7 Å². The standard InChI is InChI=1S/C20H15Cl2N5O3S/c1-11(28)23-14-5-2-12(3-6-14)16-10-31-20-25-19(26-27(16)20)24-18(29)9-30-17-7-4-13(21)8-15(17)22/h2-8,10H,9H2,1H3,(H,23,28)(H,24,26,29).